The third-order valence-electron chi connectivity index (χ3n) is 7.02. The van der Waals surface area contributed by atoms with E-state index < -0.39 is 0 Å². The minimum atomic E-state index is 0.578. The van der Waals surface area contributed by atoms with Crippen LogP contribution in [0.5, 0.6) is 0 Å². The van der Waals surface area contributed by atoms with Crippen molar-refractivity contribution >= 4 is 10.9 Å². The molecule has 146 valence electrons. The maximum atomic E-state index is 4.26. The van der Waals surface area contributed by atoms with Gasteiger partial charge in [-0.05, 0) is 61.7 Å². The fourth-order valence-electron chi connectivity index (χ4n) is 5.21. The molecule has 5 rings (SSSR count). The van der Waals surface area contributed by atoms with E-state index in [1.807, 2.05) is 12.4 Å². The van der Waals surface area contributed by atoms with Crippen LogP contribution in [-0.2, 0) is 19.5 Å². The average Bonchev–Trinajstić information content (AvgIpc) is 2.96. The Kier molecular flexibility index (Phi) is 4.72. The Morgan fingerprint density at radius 1 is 1.14 bits per heavy atom. The molecule has 3 aromatic rings. The Labute approximate surface area is 168 Å². The van der Waals surface area contributed by atoms with Gasteiger partial charge in [-0.1, -0.05) is 30.9 Å². The highest BCUT2D eigenvalue weighted by molar-refractivity contribution is 5.86. The first kappa shape index (κ1) is 17.9. The lowest BCUT2D eigenvalue weighted by atomic mass is 9.77. The van der Waals surface area contributed by atoms with Crippen LogP contribution in [0.25, 0.3) is 10.9 Å². The van der Waals surface area contributed by atoms with E-state index in [9.17, 15) is 0 Å². The quantitative estimate of drug-likeness (QED) is 0.604. The number of hydrogen-bond acceptors (Lipinski definition) is 2. The van der Waals surface area contributed by atoms with Gasteiger partial charge in [-0.3, -0.25) is 4.98 Å². The molecular formula is C25H31N3. The number of rotatable bonds is 5. The Balaban J connectivity index is 1.57. The second kappa shape index (κ2) is 7.36. The molecule has 0 saturated heterocycles. The molecule has 0 spiro atoms. The maximum Gasteiger partial charge on any atom is 0.0486 e. The van der Waals surface area contributed by atoms with Gasteiger partial charge in [0.05, 0.1) is 0 Å². The summed E-state index contributed by atoms with van der Waals surface area (Å²) >= 11 is 0. The molecule has 3 heterocycles. The van der Waals surface area contributed by atoms with E-state index in [-0.39, 0.29) is 0 Å². The molecule has 0 N–H and O–H groups in total. The number of aromatic nitrogens is 2. The van der Waals surface area contributed by atoms with E-state index in [1.165, 1.54) is 47.7 Å². The Hall–Kier alpha value is -2.13. The van der Waals surface area contributed by atoms with Crippen molar-refractivity contribution in [2.75, 3.05) is 13.6 Å². The summed E-state index contributed by atoms with van der Waals surface area (Å²) in [6.45, 7) is 5.54. The smallest absolute Gasteiger partial charge is 0.0486 e. The van der Waals surface area contributed by atoms with Gasteiger partial charge in [0.15, 0.2) is 0 Å². The van der Waals surface area contributed by atoms with Gasteiger partial charge in [0.1, 0.15) is 0 Å². The molecule has 1 saturated carbocycles. The lowest BCUT2D eigenvalue weighted by molar-refractivity contribution is 0.265. The summed E-state index contributed by atoms with van der Waals surface area (Å²) in [5, 5.41) is 1.47. The molecule has 1 aliphatic carbocycles. The first-order valence-corrected chi connectivity index (χ1v) is 10.9. The van der Waals surface area contributed by atoms with Gasteiger partial charge < -0.3 is 9.47 Å². The van der Waals surface area contributed by atoms with Crippen molar-refractivity contribution in [3.63, 3.8) is 0 Å². The Morgan fingerprint density at radius 2 is 1.96 bits per heavy atom. The SMILES string of the molecule is Cc1ccc2c(c1)c1c(n2CC(CC2CCC2)c2ccncc2)CCN(C)C1. The minimum absolute atomic E-state index is 0.578. The Bertz CT molecular complexity index is 968. The zero-order valence-corrected chi connectivity index (χ0v) is 17.2. The van der Waals surface area contributed by atoms with E-state index in [2.05, 4.69) is 58.8 Å². The maximum absolute atomic E-state index is 4.26. The molecule has 1 aliphatic heterocycles. The molecule has 1 unspecified atom stereocenters. The molecule has 0 radical (unpaired) electrons. The first-order chi connectivity index (χ1) is 13.7. The fourth-order valence-corrected chi connectivity index (χ4v) is 5.21. The number of fused-ring (bicyclic) bond motifs is 3. The molecule has 1 fully saturated rings. The van der Waals surface area contributed by atoms with E-state index in [0.717, 1.165) is 32.0 Å². The molecule has 2 aromatic heterocycles. The monoisotopic (exact) mass is 373 g/mol. The summed E-state index contributed by atoms with van der Waals surface area (Å²) in [5.74, 6) is 1.48. The number of likely N-dealkylation sites (N-methyl/N-ethyl adjacent to an activating group) is 1. The van der Waals surface area contributed by atoms with Crippen LogP contribution in [0.4, 0.5) is 0 Å². The minimum Gasteiger partial charge on any atom is -0.344 e. The summed E-state index contributed by atoms with van der Waals surface area (Å²) < 4.78 is 2.67. The van der Waals surface area contributed by atoms with Crippen molar-refractivity contribution < 1.29 is 0 Å². The van der Waals surface area contributed by atoms with Crippen LogP contribution in [0.15, 0.2) is 42.7 Å². The largest absolute Gasteiger partial charge is 0.344 e. The molecule has 0 bridgehead atoms. The molecule has 1 aromatic carbocycles. The average molecular weight is 374 g/mol. The van der Waals surface area contributed by atoms with Gasteiger partial charge in [0.2, 0.25) is 0 Å². The topological polar surface area (TPSA) is 21.1 Å². The van der Waals surface area contributed by atoms with Gasteiger partial charge in [0, 0.05) is 61.0 Å². The fraction of sp³-hybridized carbons (Fsp3) is 0.480. The zero-order chi connectivity index (χ0) is 19.1. The highest BCUT2D eigenvalue weighted by Gasteiger charge is 2.27. The molecule has 3 heteroatoms. The molecule has 0 amide bonds. The summed E-state index contributed by atoms with van der Waals surface area (Å²) in [6, 6.07) is 11.5. The van der Waals surface area contributed by atoms with Crippen LogP contribution in [0.2, 0.25) is 0 Å². The normalized spacial score (nSPS) is 18.8. The van der Waals surface area contributed by atoms with Crippen LogP contribution in [0, 0.1) is 12.8 Å². The van der Waals surface area contributed by atoms with Gasteiger partial charge in [-0.2, -0.15) is 0 Å². The number of pyridine rings is 1. The van der Waals surface area contributed by atoms with Crippen molar-refractivity contribution in [2.24, 2.45) is 5.92 Å². The van der Waals surface area contributed by atoms with Crippen LogP contribution >= 0.6 is 0 Å². The zero-order valence-electron chi connectivity index (χ0n) is 17.2. The predicted octanol–water partition coefficient (Wildman–Crippen LogP) is 5.31. The summed E-state index contributed by atoms with van der Waals surface area (Å²) in [5.41, 5.74) is 7.38. The third-order valence-corrected chi connectivity index (χ3v) is 7.02. The third kappa shape index (κ3) is 3.26. The van der Waals surface area contributed by atoms with Gasteiger partial charge >= 0.3 is 0 Å². The number of hydrogen-bond donors (Lipinski definition) is 0. The van der Waals surface area contributed by atoms with Gasteiger partial charge in [0.25, 0.3) is 0 Å². The van der Waals surface area contributed by atoms with Crippen LogP contribution in [0.3, 0.4) is 0 Å². The van der Waals surface area contributed by atoms with Crippen molar-refractivity contribution in [3.8, 4) is 0 Å². The number of aryl methyl sites for hydroxylation is 1. The molecule has 1 atom stereocenters. The van der Waals surface area contributed by atoms with Crippen LogP contribution < -0.4 is 0 Å². The second-order valence-electron chi connectivity index (χ2n) is 9.05. The van der Waals surface area contributed by atoms with Crippen LogP contribution in [0.1, 0.15) is 54.0 Å². The van der Waals surface area contributed by atoms with Crippen molar-refractivity contribution in [1.29, 1.82) is 0 Å². The van der Waals surface area contributed by atoms with E-state index in [4.69, 9.17) is 0 Å². The Morgan fingerprint density at radius 3 is 2.71 bits per heavy atom. The number of benzene rings is 1. The van der Waals surface area contributed by atoms with Gasteiger partial charge in [-0.25, -0.2) is 0 Å². The van der Waals surface area contributed by atoms with Crippen molar-refractivity contribution in [2.45, 2.75) is 58.0 Å². The van der Waals surface area contributed by atoms with Crippen molar-refractivity contribution in [3.05, 3.63) is 65.1 Å². The highest BCUT2D eigenvalue weighted by atomic mass is 15.1. The van der Waals surface area contributed by atoms with Gasteiger partial charge in [-0.15, -0.1) is 0 Å². The summed E-state index contributed by atoms with van der Waals surface area (Å²) in [7, 11) is 2.25. The highest BCUT2D eigenvalue weighted by Crippen LogP contribution is 2.39. The van der Waals surface area contributed by atoms with Crippen LogP contribution in [-0.4, -0.2) is 28.0 Å². The lowest BCUT2D eigenvalue weighted by Gasteiger charge is -2.31. The second-order valence-corrected chi connectivity index (χ2v) is 9.05. The molecule has 2 aliphatic rings. The standard InChI is InChI=1S/C25H31N3/c1-18-6-7-24-22(14-18)23-17-27(2)13-10-25(23)28(24)16-21(15-19-4-3-5-19)20-8-11-26-12-9-20/h6-9,11-12,14,19,21H,3-5,10,13,15-17H2,1-2H3. The number of nitrogens with zero attached hydrogens (tertiary/aromatic N) is 3. The van der Waals surface area contributed by atoms with E-state index in [1.54, 1.807) is 11.3 Å². The summed E-state index contributed by atoms with van der Waals surface area (Å²) in [6.07, 6.45) is 10.6. The lowest BCUT2D eigenvalue weighted by Crippen LogP contribution is -2.28. The van der Waals surface area contributed by atoms with E-state index in [0.29, 0.717) is 5.92 Å². The first-order valence-electron chi connectivity index (χ1n) is 10.9. The van der Waals surface area contributed by atoms with E-state index >= 15 is 0 Å². The molecule has 28 heavy (non-hydrogen) atoms. The van der Waals surface area contributed by atoms with Crippen molar-refractivity contribution in [1.82, 2.24) is 14.5 Å². The molecule has 3 nitrogen and oxygen atoms in total. The molecular weight excluding hydrogens is 342 g/mol. The predicted molar refractivity (Wildman–Crippen MR) is 116 cm³/mol. The summed E-state index contributed by atoms with van der Waals surface area (Å²) in [4.78, 5) is 6.73.